The lowest BCUT2D eigenvalue weighted by Crippen LogP contribution is -3.11. The third-order valence-electron chi connectivity index (χ3n) is 5.19. The molecule has 0 radical (unpaired) electrons. The molecule has 0 saturated carbocycles. The van der Waals surface area contributed by atoms with Gasteiger partial charge in [-0.15, -0.1) is 0 Å². The van der Waals surface area contributed by atoms with Crippen LogP contribution >= 0.6 is 0 Å². The van der Waals surface area contributed by atoms with Gasteiger partial charge in [-0.3, -0.25) is 4.79 Å². The van der Waals surface area contributed by atoms with Gasteiger partial charge in [-0.2, -0.15) is 5.10 Å². The lowest BCUT2D eigenvalue weighted by molar-refractivity contribution is -0.938. The highest BCUT2D eigenvalue weighted by atomic mass is 16.5. The molecule has 0 spiro atoms. The lowest BCUT2D eigenvalue weighted by atomic mass is 9.99. The average molecular weight is 380 g/mol. The Kier molecular flexibility index (Phi) is 5.30. The first-order valence-corrected chi connectivity index (χ1v) is 9.89. The average Bonchev–Trinajstić information content (AvgIpc) is 2.71. The standard InChI is InChI=1S/C22H25N3O3/c1-3-27-21-11-16-9-10-24(14-17(16)12-22(21)28-4-2)15-25-19-8-6-5-7-18(19)20(26)13-23-25/h5-8,11-13H,3-4,9-10,14-15H2,1-2H3/p+1. The summed E-state index contributed by atoms with van der Waals surface area (Å²) >= 11 is 0. The van der Waals surface area contributed by atoms with Crippen molar-refractivity contribution in [3.8, 4) is 11.5 Å². The summed E-state index contributed by atoms with van der Waals surface area (Å²) in [5.41, 5.74) is 3.47. The second-order valence-electron chi connectivity index (χ2n) is 7.04. The summed E-state index contributed by atoms with van der Waals surface area (Å²) in [5.74, 6) is 1.65. The van der Waals surface area contributed by atoms with Gasteiger partial charge in [0.05, 0.1) is 31.5 Å². The Bertz CT molecular complexity index is 1040. The van der Waals surface area contributed by atoms with Gasteiger partial charge in [-0.25, -0.2) is 4.68 Å². The molecule has 1 aliphatic heterocycles. The fraction of sp³-hybridized carbons (Fsp3) is 0.364. The van der Waals surface area contributed by atoms with E-state index in [-0.39, 0.29) is 5.43 Å². The highest BCUT2D eigenvalue weighted by Gasteiger charge is 2.23. The molecule has 4 rings (SSSR count). The third kappa shape index (κ3) is 3.60. The van der Waals surface area contributed by atoms with E-state index in [2.05, 4.69) is 17.2 Å². The van der Waals surface area contributed by atoms with E-state index >= 15 is 0 Å². The second-order valence-corrected chi connectivity index (χ2v) is 7.04. The Morgan fingerprint density at radius 3 is 2.54 bits per heavy atom. The Balaban J connectivity index is 1.60. The van der Waals surface area contributed by atoms with Crippen LogP contribution in [-0.2, 0) is 19.6 Å². The molecule has 0 fully saturated rings. The zero-order valence-electron chi connectivity index (χ0n) is 16.4. The van der Waals surface area contributed by atoms with Crippen molar-refractivity contribution in [1.82, 2.24) is 9.78 Å². The first-order valence-electron chi connectivity index (χ1n) is 9.89. The molecule has 3 aromatic rings. The molecule has 146 valence electrons. The molecule has 2 aromatic carbocycles. The molecule has 28 heavy (non-hydrogen) atoms. The van der Waals surface area contributed by atoms with Crippen molar-refractivity contribution in [2.75, 3.05) is 19.8 Å². The van der Waals surface area contributed by atoms with Crippen molar-refractivity contribution >= 4 is 10.9 Å². The van der Waals surface area contributed by atoms with Crippen molar-refractivity contribution in [1.29, 1.82) is 0 Å². The summed E-state index contributed by atoms with van der Waals surface area (Å²) in [7, 11) is 0. The van der Waals surface area contributed by atoms with Gasteiger partial charge < -0.3 is 14.4 Å². The van der Waals surface area contributed by atoms with Crippen LogP contribution in [0.25, 0.3) is 10.9 Å². The number of ether oxygens (including phenoxy) is 2. The molecule has 1 N–H and O–H groups in total. The zero-order valence-corrected chi connectivity index (χ0v) is 16.4. The van der Waals surface area contributed by atoms with Gasteiger partial charge in [0.25, 0.3) is 0 Å². The van der Waals surface area contributed by atoms with Gasteiger partial charge >= 0.3 is 0 Å². The summed E-state index contributed by atoms with van der Waals surface area (Å²) in [6.07, 6.45) is 2.40. The fourth-order valence-corrected chi connectivity index (χ4v) is 3.88. The molecule has 1 atom stereocenters. The molecule has 0 amide bonds. The van der Waals surface area contributed by atoms with Crippen molar-refractivity contribution in [2.45, 2.75) is 33.5 Å². The van der Waals surface area contributed by atoms with E-state index in [9.17, 15) is 4.79 Å². The number of hydrogen-bond acceptors (Lipinski definition) is 4. The normalized spacial score (nSPS) is 16.0. The van der Waals surface area contributed by atoms with Gasteiger partial charge in [-0.1, -0.05) is 12.1 Å². The molecule has 1 aliphatic rings. The van der Waals surface area contributed by atoms with E-state index in [1.165, 1.54) is 22.2 Å². The zero-order chi connectivity index (χ0) is 19.5. The Labute approximate surface area is 164 Å². The quantitative estimate of drug-likeness (QED) is 0.708. The van der Waals surface area contributed by atoms with E-state index in [1.807, 2.05) is 42.8 Å². The summed E-state index contributed by atoms with van der Waals surface area (Å²) in [6, 6.07) is 11.9. The number of quaternary nitrogens is 1. The monoisotopic (exact) mass is 380 g/mol. The van der Waals surface area contributed by atoms with Crippen LogP contribution in [0.2, 0.25) is 0 Å². The number of nitrogens with one attached hydrogen (secondary N) is 1. The Hall–Kier alpha value is -2.86. The number of nitrogens with zero attached hydrogens (tertiary/aromatic N) is 2. The van der Waals surface area contributed by atoms with Crippen LogP contribution in [0.3, 0.4) is 0 Å². The smallest absolute Gasteiger partial charge is 0.207 e. The molecule has 1 aromatic heterocycles. The van der Waals surface area contributed by atoms with Crippen molar-refractivity contribution in [2.24, 2.45) is 0 Å². The number of rotatable bonds is 6. The van der Waals surface area contributed by atoms with Gasteiger partial charge in [0, 0.05) is 17.4 Å². The first-order chi connectivity index (χ1) is 13.7. The molecule has 2 heterocycles. The SMILES string of the molecule is CCOc1cc2c(cc1OCC)C[NH+](Cn1ncc(=O)c3ccccc31)CC2. The summed E-state index contributed by atoms with van der Waals surface area (Å²) in [4.78, 5) is 13.5. The number of benzene rings is 2. The molecule has 0 aliphatic carbocycles. The second kappa shape index (κ2) is 8.02. The molecule has 6 heteroatoms. The van der Waals surface area contributed by atoms with Crippen LogP contribution in [0.15, 0.2) is 47.4 Å². The van der Waals surface area contributed by atoms with Crippen LogP contribution in [0.5, 0.6) is 11.5 Å². The van der Waals surface area contributed by atoms with E-state index in [0.29, 0.717) is 18.6 Å². The molecule has 0 saturated heterocycles. The Morgan fingerprint density at radius 2 is 1.79 bits per heavy atom. The number of hydrogen-bond donors (Lipinski definition) is 1. The predicted molar refractivity (Wildman–Crippen MR) is 108 cm³/mol. The van der Waals surface area contributed by atoms with E-state index < -0.39 is 0 Å². The van der Waals surface area contributed by atoms with Crippen molar-refractivity contribution in [3.63, 3.8) is 0 Å². The molecule has 0 bridgehead atoms. The molecule has 1 unspecified atom stereocenters. The van der Waals surface area contributed by atoms with Gasteiger partial charge in [0.15, 0.2) is 18.2 Å². The largest absolute Gasteiger partial charge is 0.490 e. The fourth-order valence-electron chi connectivity index (χ4n) is 3.88. The minimum Gasteiger partial charge on any atom is -0.490 e. The molecule has 6 nitrogen and oxygen atoms in total. The summed E-state index contributed by atoms with van der Waals surface area (Å²) in [5, 5.41) is 5.10. The topological polar surface area (TPSA) is 57.8 Å². The van der Waals surface area contributed by atoms with Gasteiger partial charge in [-0.05, 0) is 43.7 Å². The van der Waals surface area contributed by atoms with Crippen molar-refractivity contribution in [3.05, 3.63) is 63.9 Å². The minimum absolute atomic E-state index is 0.0318. The third-order valence-corrected chi connectivity index (χ3v) is 5.19. The highest BCUT2D eigenvalue weighted by molar-refractivity contribution is 5.77. The van der Waals surface area contributed by atoms with Crippen molar-refractivity contribution < 1.29 is 14.4 Å². The lowest BCUT2D eigenvalue weighted by Gasteiger charge is -2.27. The maximum absolute atomic E-state index is 12.1. The van der Waals surface area contributed by atoms with E-state index in [4.69, 9.17) is 9.47 Å². The van der Waals surface area contributed by atoms with E-state index in [0.717, 1.165) is 43.2 Å². The number of para-hydroxylation sites is 1. The Morgan fingerprint density at radius 1 is 1.07 bits per heavy atom. The maximum Gasteiger partial charge on any atom is 0.207 e. The van der Waals surface area contributed by atoms with Crippen LogP contribution in [-0.4, -0.2) is 29.5 Å². The van der Waals surface area contributed by atoms with Crippen LogP contribution in [0, 0.1) is 0 Å². The van der Waals surface area contributed by atoms with E-state index in [1.54, 1.807) is 0 Å². The predicted octanol–water partition coefficient (Wildman–Crippen LogP) is 1.79. The first kappa shape index (κ1) is 18.5. The van der Waals surface area contributed by atoms with Crippen LogP contribution in [0.1, 0.15) is 25.0 Å². The van der Waals surface area contributed by atoms with Crippen LogP contribution in [0.4, 0.5) is 0 Å². The highest BCUT2D eigenvalue weighted by Crippen LogP contribution is 2.32. The van der Waals surface area contributed by atoms with Crippen LogP contribution < -0.4 is 19.8 Å². The summed E-state index contributed by atoms with van der Waals surface area (Å²) < 4.78 is 13.5. The molecular weight excluding hydrogens is 354 g/mol. The van der Waals surface area contributed by atoms with Gasteiger partial charge in [0.1, 0.15) is 6.54 Å². The number of aromatic nitrogens is 2. The minimum atomic E-state index is -0.0318. The maximum atomic E-state index is 12.1. The molecular formula is C22H26N3O3+. The van der Waals surface area contributed by atoms with Gasteiger partial charge in [0.2, 0.25) is 5.43 Å². The number of fused-ring (bicyclic) bond motifs is 2. The summed E-state index contributed by atoms with van der Waals surface area (Å²) in [6.45, 7) is 7.84.